The van der Waals surface area contributed by atoms with E-state index in [1.54, 1.807) is 11.9 Å². The summed E-state index contributed by atoms with van der Waals surface area (Å²) >= 11 is 0. The number of hydrogen-bond donors (Lipinski definition) is 0. The number of carbonyl (C=O) groups excluding carboxylic acids is 2. The van der Waals surface area contributed by atoms with Crippen molar-refractivity contribution >= 4 is 17.9 Å². The lowest BCUT2D eigenvalue weighted by Crippen LogP contribution is -2.63. The highest BCUT2D eigenvalue weighted by atomic mass is 16.2. The number of guanidine groups is 1. The number of allylic oxidation sites excluding steroid dienone is 1. The molecule has 0 radical (unpaired) electrons. The van der Waals surface area contributed by atoms with Crippen molar-refractivity contribution in [2.24, 2.45) is 4.99 Å². The summed E-state index contributed by atoms with van der Waals surface area (Å²) in [6.45, 7) is 7.05. The summed E-state index contributed by atoms with van der Waals surface area (Å²) in [5.74, 6) is 0.522. The maximum absolute atomic E-state index is 13.6. The number of imide groups is 1. The molecule has 3 amide bonds. The van der Waals surface area contributed by atoms with Gasteiger partial charge in [-0.3, -0.25) is 9.69 Å². The number of benzene rings is 2. The third-order valence-corrected chi connectivity index (χ3v) is 6.68. The van der Waals surface area contributed by atoms with Gasteiger partial charge >= 0.3 is 6.03 Å². The molecule has 0 N–H and O–H groups in total. The molecular formula is C25H27N5O2. The Balaban J connectivity index is 1.44. The number of nitrogens with zero attached hydrogens (tertiary/aromatic N) is 5. The monoisotopic (exact) mass is 429 g/mol. The lowest BCUT2D eigenvalue weighted by molar-refractivity contribution is -0.137. The van der Waals surface area contributed by atoms with Gasteiger partial charge in [-0.25, -0.2) is 9.79 Å². The maximum atomic E-state index is 13.6. The number of aliphatic imine (C=N–C) groups is 1. The van der Waals surface area contributed by atoms with Gasteiger partial charge in [0.2, 0.25) is 5.96 Å². The zero-order valence-electron chi connectivity index (χ0n) is 18.8. The van der Waals surface area contributed by atoms with E-state index in [1.807, 2.05) is 61.3 Å². The van der Waals surface area contributed by atoms with E-state index in [-0.39, 0.29) is 18.5 Å². The lowest BCUT2D eigenvalue weighted by atomic mass is 10.1. The predicted molar refractivity (Wildman–Crippen MR) is 122 cm³/mol. The molecule has 164 valence electrons. The Kier molecular flexibility index (Phi) is 4.77. The fourth-order valence-corrected chi connectivity index (χ4v) is 4.66. The Bertz CT molecular complexity index is 1170. The van der Waals surface area contributed by atoms with Crippen LogP contribution in [0.3, 0.4) is 0 Å². The van der Waals surface area contributed by atoms with Gasteiger partial charge in [0.25, 0.3) is 5.91 Å². The van der Waals surface area contributed by atoms with Crippen molar-refractivity contribution < 1.29 is 9.59 Å². The zero-order chi connectivity index (χ0) is 22.6. The molecule has 3 aliphatic heterocycles. The summed E-state index contributed by atoms with van der Waals surface area (Å²) in [6, 6.07) is 15.3. The molecule has 0 aliphatic carbocycles. The fraction of sp³-hybridized carbons (Fsp3) is 0.320. The second-order valence-corrected chi connectivity index (χ2v) is 8.72. The molecule has 0 saturated carbocycles. The van der Waals surface area contributed by atoms with Crippen LogP contribution in [0.2, 0.25) is 0 Å². The van der Waals surface area contributed by atoms with Crippen molar-refractivity contribution in [3.63, 3.8) is 0 Å². The minimum absolute atomic E-state index is 0.207. The number of rotatable bonds is 4. The Labute approximate surface area is 188 Å². The van der Waals surface area contributed by atoms with Crippen LogP contribution in [0, 0.1) is 13.8 Å². The first-order valence-corrected chi connectivity index (χ1v) is 10.9. The number of aryl methyl sites for hydroxylation is 2. The van der Waals surface area contributed by atoms with Gasteiger partial charge in [0.1, 0.15) is 0 Å². The molecule has 0 aromatic heterocycles. The van der Waals surface area contributed by atoms with Gasteiger partial charge < -0.3 is 14.7 Å². The van der Waals surface area contributed by atoms with E-state index in [4.69, 9.17) is 4.99 Å². The first kappa shape index (κ1) is 20.3. The minimum atomic E-state index is -0.548. The van der Waals surface area contributed by atoms with Crippen molar-refractivity contribution in [1.29, 1.82) is 0 Å². The summed E-state index contributed by atoms with van der Waals surface area (Å²) in [5.41, 5.74) is 5.47. The quantitative estimate of drug-likeness (QED) is 0.747. The number of amides is 3. The van der Waals surface area contributed by atoms with Gasteiger partial charge in [-0.05, 0) is 43.0 Å². The third kappa shape index (κ3) is 3.07. The average Bonchev–Trinajstić information content (AvgIpc) is 3.28. The van der Waals surface area contributed by atoms with Gasteiger partial charge in [-0.1, -0.05) is 48.5 Å². The molecule has 5 rings (SSSR count). The third-order valence-electron chi connectivity index (χ3n) is 6.68. The molecule has 3 aliphatic rings. The molecule has 3 heterocycles. The Hall–Kier alpha value is -3.61. The van der Waals surface area contributed by atoms with Crippen LogP contribution in [0.5, 0.6) is 0 Å². The van der Waals surface area contributed by atoms with E-state index < -0.39 is 12.2 Å². The molecule has 1 saturated heterocycles. The summed E-state index contributed by atoms with van der Waals surface area (Å²) in [6.07, 6.45) is 1.46. The van der Waals surface area contributed by atoms with Crippen LogP contribution in [0.1, 0.15) is 29.2 Å². The lowest BCUT2D eigenvalue weighted by Gasteiger charge is -2.40. The van der Waals surface area contributed by atoms with Gasteiger partial charge in [-0.2, -0.15) is 0 Å². The standard InChI is InChI=1S/C25H27N5O2/c1-16-9-5-7-11-19(16)14-28-18(3)13-29-21-22(26-24(28)29)27(4)25(32)30(23(21)31)15-20-12-8-6-10-17(20)2/h5-13,21-22H,14-15H2,1-4H3. The largest absolute Gasteiger partial charge is 0.328 e. The highest BCUT2D eigenvalue weighted by Gasteiger charge is 2.54. The van der Waals surface area contributed by atoms with Gasteiger partial charge in [-0.15, -0.1) is 0 Å². The second kappa shape index (κ2) is 7.51. The van der Waals surface area contributed by atoms with E-state index in [9.17, 15) is 9.59 Å². The Morgan fingerprint density at radius 1 is 0.844 bits per heavy atom. The van der Waals surface area contributed by atoms with Gasteiger partial charge in [0, 0.05) is 18.9 Å². The van der Waals surface area contributed by atoms with Crippen molar-refractivity contribution in [2.75, 3.05) is 7.05 Å². The number of likely N-dealkylation sites (N-methyl/N-ethyl adjacent to an activating group) is 1. The number of fused-ring (bicyclic) bond motifs is 3. The molecule has 1 fully saturated rings. The zero-order valence-corrected chi connectivity index (χ0v) is 18.8. The molecule has 2 aromatic carbocycles. The molecule has 2 aromatic rings. The molecule has 0 spiro atoms. The maximum Gasteiger partial charge on any atom is 0.328 e. The SMILES string of the molecule is CC1=CN2C(=NC3C2C(=O)N(Cc2ccccc2C)C(=O)N3C)N1Cc1ccccc1C. The van der Waals surface area contributed by atoms with Crippen molar-refractivity contribution in [1.82, 2.24) is 19.6 Å². The number of carbonyl (C=O) groups is 2. The summed E-state index contributed by atoms with van der Waals surface area (Å²) in [5, 5.41) is 0. The Morgan fingerprint density at radius 2 is 1.41 bits per heavy atom. The van der Waals surface area contributed by atoms with Crippen LogP contribution in [0.4, 0.5) is 4.79 Å². The summed E-state index contributed by atoms with van der Waals surface area (Å²) < 4.78 is 0. The first-order valence-electron chi connectivity index (χ1n) is 10.9. The molecule has 0 bridgehead atoms. The topological polar surface area (TPSA) is 59.5 Å². The predicted octanol–water partition coefficient (Wildman–Crippen LogP) is 3.44. The molecule has 32 heavy (non-hydrogen) atoms. The van der Waals surface area contributed by atoms with E-state index in [1.165, 1.54) is 16.0 Å². The van der Waals surface area contributed by atoms with E-state index in [0.29, 0.717) is 6.54 Å². The molecule has 7 nitrogen and oxygen atoms in total. The normalized spacial score (nSPS) is 22.2. The van der Waals surface area contributed by atoms with Crippen molar-refractivity contribution in [3.8, 4) is 0 Å². The number of hydrogen-bond acceptors (Lipinski definition) is 5. The molecule has 7 heteroatoms. The van der Waals surface area contributed by atoms with E-state index in [2.05, 4.69) is 24.0 Å². The van der Waals surface area contributed by atoms with Crippen LogP contribution in [-0.4, -0.2) is 56.8 Å². The number of urea groups is 1. The van der Waals surface area contributed by atoms with Crippen LogP contribution >= 0.6 is 0 Å². The van der Waals surface area contributed by atoms with Gasteiger partial charge in [0.15, 0.2) is 12.2 Å². The van der Waals surface area contributed by atoms with Crippen LogP contribution in [0.15, 0.2) is 65.4 Å². The highest BCUT2D eigenvalue weighted by molar-refractivity contribution is 6.04. The van der Waals surface area contributed by atoms with Crippen LogP contribution < -0.4 is 0 Å². The second-order valence-electron chi connectivity index (χ2n) is 8.72. The van der Waals surface area contributed by atoms with Crippen LogP contribution in [0.25, 0.3) is 0 Å². The molecular weight excluding hydrogens is 402 g/mol. The van der Waals surface area contributed by atoms with Crippen LogP contribution in [-0.2, 0) is 17.9 Å². The highest BCUT2D eigenvalue weighted by Crippen LogP contribution is 2.35. The fourth-order valence-electron chi connectivity index (χ4n) is 4.66. The van der Waals surface area contributed by atoms with Gasteiger partial charge in [0.05, 0.1) is 13.1 Å². The Morgan fingerprint density at radius 3 is 2.00 bits per heavy atom. The summed E-state index contributed by atoms with van der Waals surface area (Å²) in [7, 11) is 1.73. The summed E-state index contributed by atoms with van der Waals surface area (Å²) in [4.78, 5) is 38.5. The van der Waals surface area contributed by atoms with E-state index >= 15 is 0 Å². The van der Waals surface area contributed by atoms with Crippen molar-refractivity contribution in [3.05, 3.63) is 82.7 Å². The molecule has 2 atom stereocenters. The van der Waals surface area contributed by atoms with E-state index in [0.717, 1.165) is 22.8 Å². The molecule has 2 unspecified atom stereocenters. The van der Waals surface area contributed by atoms with Crippen molar-refractivity contribution in [2.45, 2.75) is 46.1 Å². The minimum Gasteiger partial charge on any atom is -0.310 e. The average molecular weight is 430 g/mol. The smallest absolute Gasteiger partial charge is 0.310 e. The first-order chi connectivity index (χ1) is 15.4.